The number of allylic oxidation sites excluding steroid dienone is 4. The standard InChI is InChI=1S/C26H20O8/c1-11-8-16(28)21-18(34-13(3)27)7-6-14(20(21)24(11)30)15-10-17(29)22-23(25(15)31)19(32-4)9-12(2)26(22)33-5/h6-10H,1-5H3. The average Bonchev–Trinajstić information content (AvgIpc) is 2.78. The summed E-state index contributed by atoms with van der Waals surface area (Å²) in [5.74, 6) is -2.48. The molecule has 172 valence electrons. The highest BCUT2D eigenvalue weighted by molar-refractivity contribution is 6.41. The van der Waals surface area contributed by atoms with E-state index in [-0.39, 0.29) is 56.2 Å². The van der Waals surface area contributed by atoms with E-state index in [4.69, 9.17) is 14.2 Å². The molecule has 0 atom stereocenters. The Hall–Kier alpha value is -4.33. The number of benzene rings is 2. The number of aryl methyl sites for hydroxylation is 1. The molecule has 2 aromatic rings. The third kappa shape index (κ3) is 3.35. The minimum atomic E-state index is -0.675. The number of hydrogen-bond acceptors (Lipinski definition) is 8. The Morgan fingerprint density at radius 1 is 0.765 bits per heavy atom. The quantitative estimate of drug-likeness (QED) is 0.501. The predicted octanol–water partition coefficient (Wildman–Crippen LogP) is 3.73. The average molecular weight is 460 g/mol. The molecule has 0 amide bonds. The Bertz CT molecular complexity index is 1400. The fraction of sp³-hybridized carbons (Fsp3) is 0.192. The van der Waals surface area contributed by atoms with Gasteiger partial charge >= 0.3 is 5.97 Å². The maximum absolute atomic E-state index is 13.7. The number of carbonyl (C=O) groups excluding carboxylic acids is 5. The molecular formula is C26H20O8. The van der Waals surface area contributed by atoms with E-state index in [2.05, 4.69) is 0 Å². The fourth-order valence-corrected chi connectivity index (χ4v) is 4.32. The maximum atomic E-state index is 13.7. The van der Waals surface area contributed by atoms with Crippen molar-refractivity contribution < 1.29 is 38.2 Å². The van der Waals surface area contributed by atoms with E-state index >= 15 is 0 Å². The molecule has 0 unspecified atom stereocenters. The first-order chi connectivity index (χ1) is 16.1. The molecule has 4 rings (SSSR count). The van der Waals surface area contributed by atoms with Crippen molar-refractivity contribution in [1.29, 1.82) is 0 Å². The minimum absolute atomic E-state index is 0.00658. The van der Waals surface area contributed by atoms with Crippen LogP contribution in [-0.2, 0) is 4.79 Å². The van der Waals surface area contributed by atoms with Crippen LogP contribution in [0.25, 0.3) is 5.57 Å². The van der Waals surface area contributed by atoms with Crippen LogP contribution < -0.4 is 14.2 Å². The summed E-state index contributed by atoms with van der Waals surface area (Å²) in [5.41, 5.74) is 0.612. The summed E-state index contributed by atoms with van der Waals surface area (Å²) in [5, 5.41) is 0. The van der Waals surface area contributed by atoms with E-state index in [0.717, 1.165) is 12.2 Å². The van der Waals surface area contributed by atoms with Gasteiger partial charge in [0.2, 0.25) is 0 Å². The van der Waals surface area contributed by atoms with Gasteiger partial charge in [-0.25, -0.2) is 0 Å². The molecule has 2 aliphatic carbocycles. The van der Waals surface area contributed by atoms with Crippen LogP contribution in [-0.4, -0.2) is 43.3 Å². The molecule has 8 heteroatoms. The molecular weight excluding hydrogens is 440 g/mol. The van der Waals surface area contributed by atoms with Gasteiger partial charge in [-0.3, -0.25) is 24.0 Å². The molecule has 0 aliphatic heterocycles. The van der Waals surface area contributed by atoms with E-state index in [9.17, 15) is 24.0 Å². The second kappa shape index (κ2) is 8.22. The van der Waals surface area contributed by atoms with E-state index in [0.29, 0.717) is 5.56 Å². The third-order valence-corrected chi connectivity index (χ3v) is 5.74. The zero-order valence-electron chi connectivity index (χ0n) is 19.2. The van der Waals surface area contributed by atoms with Crippen molar-refractivity contribution in [3.05, 3.63) is 69.3 Å². The van der Waals surface area contributed by atoms with Gasteiger partial charge in [-0.2, -0.15) is 0 Å². The van der Waals surface area contributed by atoms with Gasteiger partial charge in [-0.1, -0.05) is 0 Å². The summed E-state index contributed by atoms with van der Waals surface area (Å²) in [6.45, 7) is 4.36. The van der Waals surface area contributed by atoms with Crippen LogP contribution in [0.1, 0.15) is 66.4 Å². The van der Waals surface area contributed by atoms with Crippen LogP contribution in [0.2, 0.25) is 0 Å². The summed E-state index contributed by atoms with van der Waals surface area (Å²) in [4.78, 5) is 64.4. The fourth-order valence-electron chi connectivity index (χ4n) is 4.32. The van der Waals surface area contributed by atoms with Crippen LogP contribution in [0.4, 0.5) is 0 Å². The van der Waals surface area contributed by atoms with Crippen molar-refractivity contribution >= 4 is 34.7 Å². The van der Waals surface area contributed by atoms with Gasteiger partial charge in [-0.05, 0) is 55.3 Å². The van der Waals surface area contributed by atoms with Crippen LogP contribution in [0.5, 0.6) is 17.2 Å². The second-order valence-corrected chi connectivity index (χ2v) is 7.91. The summed E-state index contributed by atoms with van der Waals surface area (Å²) in [6.07, 6.45) is 2.27. The van der Waals surface area contributed by atoms with Crippen molar-refractivity contribution in [2.75, 3.05) is 14.2 Å². The number of carbonyl (C=O) groups is 5. The molecule has 2 aliphatic rings. The van der Waals surface area contributed by atoms with Crippen LogP contribution in [0.15, 0.2) is 35.9 Å². The summed E-state index contributed by atoms with van der Waals surface area (Å²) < 4.78 is 15.9. The number of ether oxygens (including phenoxy) is 3. The Balaban J connectivity index is 2.01. The Morgan fingerprint density at radius 2 is 1.44 bits per heavy atom. The topological polar surface area (TPSA) is 113 Å². The minimum Gasteiger partial charge on any atom is -0.496 e. The van der Waals surface area contributed by atoms with E-state index in [1.807, 2.05) is 0 Å². The molecule has 0 saturated heterocycles. The van der Waals surface area contributed by atoms with Crippen molar-refractivity contribution in [2.24, 2.45) is 0 Å². The first-order valence-corrected chi connectivity index (χ1v) is 10.3. The smallest absolute Gasteiger partial charge is 0.308 e. The SMILES string of the molecule is COc1cc(C)c(OC)c2c1C(=O)C(c1ccc(OC(C)=O)c3c1C(=O)C(C)=CC3=O)=CC2=O. The van der Waals surface area contributed by atoms with Gasteiger partial charge in [0.1, 0.15) is 17.2 Å². The first kappa shape index (κ1) is 22.8. The molecule has 0 saturated carbocycles. The lowest BCUT2D eigenvalue weighted by atomic mass is 9.79. The largest absolute Gasteiger partial charge is 0.496 e. The van der Waals surface area contributed by atoms with Gasteiger partial charge < -0.3 is 14.2 Å². The lowest BCUT2D eigenvalue weighted by molar-refractivity contribution is -0.131. The highest BCUT2D eigenvalue weighted by atomic mass is 16.5. The highest BCUT2D eigenvalue weighted by Gasteiger charge is 2.37. The Labute approximate surface area is 194 Å². The summed E-state index contributed by atoms with van der Waals surface area (Å²) in [7, 11) is 2.78. The zero-order chi connectivity index (χ0) is 24.9. The number of methoxy groups -OCH3 is 2. The number of fused-ring (bicyclic) bond motifs is 2. The van der Waals surface area contributed by atoms with Gasteiger partial charge in [0.05, 0.1) is 30.9 Å². The number of Topliss-reactive ketones (excluding diaryl/α,β-unsaturated/α-hetero) is 2. The number of rotatable bonds is 4. The van der Waals surface area contributed by atoms with Gasteiger partial charge in [0, 0.05) is 23.6 Å². The van der Waals surface area contributed by atoms with Gasteiger partial charge in [0.15, 0.2) is 23.1 Å². The van der Waals surface area contributed by atoms with Crippen LogP contribution in [0.3, 0.4) is 0 Å². The lowest BCUT2D eigenvalue weighted by Crippen LogP contribution is -2.24. The predicted molar refractivity (Wildman–Crippen MR) is 121 cm³/mol. The highest BCUT2D eigenvalue weighted by Crippen LogP contribution is 2.43. The van der Waals surface area contributed by atoms with Crippen LogP contribution in [0, 0.1) is 6.92 Å². The number of esters is 1. The molecule has 8 nitrogen and oxygen atoms in total. The molecule has 34 heavy (non-hydrogen) atoms. The summed E-state index contributed by atoms with van der Waals surface area (Å²) in [6, 6.07) is 4.31. The normalized spacial score (nSPS) is 14.7. The van der Waals surface area contributed by atoms with Crippen LogP contribution >= 0.6 is 0 Å². The molecule has 2 aromatic carbocycles. The van der Waals surface area contributed by atoms with E-state index in [1.54, 1.807) is 13.0 Å². The monoisotopic (exact) mass is 460 g/mol. The second-order valence-electron chi connectivity index (χ2n) is 7.91. The lowest BCUT2D eigenvalue weighted by Gasteiger charge is -2.24. The zero-order valence-corrected chi connectivity index (χ0v) is 19.2. The van der Waals surface area contributed by atoms with Crippen molar-refractivity contribution in [2.45, 2.75) is 20.8 Å². The maximum Gasteiger partial charge on any atom is 0.308 e. The molecule has 0 heterocycles. The Morgan fingerprint density at radius 3 is 2.06 bits per heavy atom. The number of ketones is 4. The number of hydrogen-bond donors (Lipinski definition) is 0. The van der Waals surface area contributed by atoms with E-state index in [1.165, 1.54) is 40.2 Å². The molecule has 0 aromatic heterocycles. The molecule has 0 spiro atoms. The molecule has 0 N–H and O–H groups in total. The van der Waals surface area contributed by atoms with Crippen molar-refractivity contribution in [1.82, 2.24) is 0 Å². The van der Waals surface area contributed by atoms with Gasteiger partial charge in [0.25, 0.3) is 0 Å². The van der Waals surface area contributed by atoms with Gasteiger partial charge in [-0.15, -0.1) is 0 Å². The third-order valence-electron chi connectivity index (χ3n) is 5.74. The Kier molecular flexibility index (Phi) is 5.53. The molecule has 0 radical (unpaired) electrons. The molecule has 0 bridgehead atoms. The summed E-state index contributed by atoms with van der Waals surface area (Å²) >= 11 is 0. The molecule has 0 fully saturated rings. The van der Waals surface area contributed by atoms with Crippen molar-refractivity contribution in [3.8, 4) is 17.2 Å². The van der Waals surface area contributed by atoms with Crippen molar-refractivity contribution in [3.63, 3.8) is 0 Å². The first-order valence-electron chi connectivity index (χ1n) is 10.3. The van der Waals surface area contributed by atoms with E-state index < -0.39 is 29.1 Å².